The summed E-state index contributed by atoms with van der Waals surface area (Å²) in [6, 6.07) is 61.0. The van der Waals surface area contributed by atoms with Crippen LogP contribution in [0.5, 0.6) is 0 Å². The van der Waals surface area contributed by atoms with E-state index in [-0.39, 0.29) is 5.92 Å². The number of nitriles is 1. The molecule has 0 amide bonds. The molecule has 52 heavy (non-hydrogen) atoms. The lowest BCUT2D eigenvalue weighted by Gasteiger charge is -2.15. The summed E-state index contributed by atoms with van der Waals surface area (Å²) in [6.07, 6.45) is 0. The smallest absolute Gasteiger partial charge is 0.164 e. The standard InChI is InChI=1S/C47H29N5/c48-29-34-27-33(47-50-45(30-13-3-1-4-14-30)49-46(51-47)31-15-5-2-6-16-31)24-25-41(34)52-42-22-12-11-19-37(42)40-28-32(23-26-43(40)52)44-38-20-9-7-17-35(38)36-18-8-10-21-39(36)44/h1-28,44H. The van der Waals surface area contributed by atoms with Gasteiger partial charge in [0.25, 0.3) is 0 Å². The van der Waals surface area contributed by atoms with Gasteiger partial charge < -0.3 is 4.57 Å². The van der Waals surface area contributed by atoms with Crippen LogP contribution in [0.4, 0.5) is 0 Å². The Balaban J connectivity index is 1.13. The molecular formula is C47H29N5. The van der Waals surface area contributed by atoms with E-state index in [1.165, 1.54) is 27.8 Å². The fourth-order valence-electron chi connectivity index (χ4n) is 7.84. The largest absolute Gasteiger partial charge is 0.308 e. The molecule has 0 aliphatic heterocycles. The van der Waals surface area contributed by atoms with E-state index in [1.807, 2.05) is 78.9 Å². The second kappa shape index (κ2) is 12.0. The van der Waals surface area contributed by atoms with Crippen molar-refractivity contribution >= 4 is 21.8 Å². The van der Waals surface area contributed by atoms with Gasteiger partial charge in [-0.1, -0.05) is 133 Å². The first kappa shape index (κ1) is 29.7. The number of hydrogen-bond acceptors (Lipinski definition) is 4. The molecule has 7 aromatic carbocycles. The van der Waals surface area contributed by atoms with Crippen LogP contribution >= 0.6 is 0 Å². The van der Waals surface area contributed by atoms with Gasteiger partial charge in [-0.25, -0.2) is 15.0 Å². The first-order valence-electron chi connectivity index (χ1n) is 17.4. The zero-order valence-corrected chi connectivity index (χ0v) is 28.0. The van der Waals surface area contributed by atoms with Gasteiger partial charge in [-0.05, 0) is 64.2 Å². The van der Waals surface area contributed by atoms with Crippen molar-refractivity contribution < 1.29 is 0 Å². The minimum Gasteiger partial charge on any atom is -0.308 e. The van der Waals surface area contributed by atoms with Gasteiger partial charge in [-0.15, -0.1) is 0 Å². The number of fused-ring (bicyclic) bond motifs is 6. The Morgan fingerprint density at radius 2 is 1.00 bits per heavy atom. The highest BCUT2D eigenvalue weighted by Crippen LogP contribution is 2.48. The van der Waals surface area contributed by atoms with E-state index in [0.717, 1.165) is 44.2 Å². The van der Waals surface area contributed by atoms with E-state index in [9.17, 15) is 5.26 Å². The van der Waals surface area contributed by atoms with Crippen molar-refractivity contribution in [3.8, 4) is 57.0 Å². The molecule has 0 saturated carbocycles. The van der Waals surface area contributed by atoms with Crippen molar-refractivity contribution in [2.45, 2.75) is 5.92 Å². The van der Waals surface area contributed by atoms with Crippen molar-refractivity contribution in [3.63, 3.8) is 0 Å². The van der Waals surface area contributed by atoms with Gasteiger partial charge in [0.05, 0.1) is 22.3 Å². The Bertz CT molecular complexity index is 2760. The molecule has 10 rings (SSSR count). The summed E-state index contributed by atoms with van der Waals surface area (Å²) in [4.78, 5) is 14.7. The Morgan fingerprint density at radius 1 is 0.462 bits per heavy atom. The highest BCUT2D eigenvalue weighted by Gasteiger charge is 2.30. The van der Waals surface area contributed by atoms with E-state index in [0.29, 0.717) is 23.0 Å². The quantitative estimate of drug-likeness (QED) is 0.184. The van der Waals surface area contributed by atoms with E-state index < -0.39 is 0 Å². The maximum absolute atomic E-state index is 10.7. The normalized spacial score (nSPS) is 12.1. The molecule has 0 atom stereocenters. The molecule has 0 radical (unpaired) electrons. The predicted molar refractivity (Wildman–Crippen MR) is 208 cm³/mol. The molecule has 9 aromatic rings. The summed E-state index contributed by atoms with van der Waals surface area (Å²) in [5.74, 6) is 1.82. The topological polar surface area (TPSA) is 67.4 Å². The van der Waals surface area contributed by atoms with E-state index in [4.69, 9.17) is 15.0 Å². The van der Waals surface area contributed by atoms with Gasteiger partial charge in [-0.3, -0.25) is 0 Å². The van der Waals surface area contributed by atoms with Gasteiger partial charge >= 0.3 is 0 Å². The van der Waals surface area contributed by atoms with Crippen LogP contribution in [0.1, 0.15) is 28.2 Å². The molecule has 0 fully saturated rings. The molecule has 2 aromatic heterocycles. The average Bonchev–Trinajstić information content (AvgIpc) is 3.73. The van der Waals surface area contributed by atoms with Crippen molar-refractivity contribution in [1.82, 2.24) is 19.5 Å². The molecule has 0 bridgehead atoms. The lowest BCUT2D eigenvalue weighted by Crippen LogP contribution is -2.02. The van der Waals surface area contributed by atoms with Crippen LogP contribution in [0.3, 0.4) is 0 Å². The summed E-state index contributed by atoms with van der Waals surface area (Å²) >= 11 is 0. The molecular weight excluding hydrogens is 635 g/mol. The van der Waals surface area contributed by atoms with E-state index in [2.05, 4.69) is 102 Å². The predicted octanol–water partition coefficient (Wildman–Crippen LogP) is 11.0. The molecule has 2 heterocycles. The highest BCUT2D eigenvalue weighted by atomic mass is 15.0. The van der Waals surface area contributed by atoms with E-state index >= 15 is 0 Å². The molecule has 0 unspecified atom stereocenters. The monoisotopic (exact) mass is 663 g/mol. The van der Waals surface area contributed by atoms with Crippen LogP contribution in [-0.2, 0) is 0 Å². The van der Waals surface area contributed by atoms with Crippen LogP contribution in [0, 0.1) is 11.3 Å². The lowest BCUT2D eigenvalue weighted by molar-refractivity contribution is 1.02. The minimum absolute atomic E-state index is 0.148. The highest BCUT2D eigenvalue weighted by molar-refractivity contribution is 6.10. The molecule has 1 aliphatic rings. The second-order valence-electron chi connectivity index (χ2n) is 13.1. The Kier molecular flexibility index (Phi) is 6.87. The van der Waals surface area contributed by atoms with Crippen LogP contribution in [0.25, 0.3) is 72.8 Å². The summed E-state index contributed by atoms with van der Waals surface area (Å²) < 4.78 is 2.21. The lowest BCUT2D eigenvalue weighted by atomic mass is 9.88. The maximum Gasteiger partial charge on any atom is 0.164 e. The SMILES string of the molecule is N#Cc1cc(-c2nc(-c3ccccc3)nc(-c3ccccc3)n2)ccc1-n1c2ccccc2c2cc(C3c4ccccc4-c4ccccc43)ccc21. The van der Waals surface area contributed by atoms with Gasteiger partial charge in [0.2, 0.25) is 0 Å². The number of rotatable bonds is 5. The molecule has 242 valence electrons. The van der Waals surface area contributed by atoms with Gasteiger partial charge in [0.1, 0.15) is 6.07 Å². The molecule has 0 N–H and O–H groups in total. The summed E-state index contributed by atoms with van der Waals surface area (Å²) in [5.41, 5.74) is 12.5. The third-order valence-corrected chi connectivity index (χ3v) is 10.2. The maximum atomic E-state index is 10.7. The van der Waals surface area contributed by atoms with Gasteiger partial charge in [-0.2, -0.15) is 5.26 Å². The molecule has 5 nitrogen and oxygen atoms in total. The zero-order valence-electron chi connectivity index (χ0n) is 28.0. The number of aromatic nitrogens is 4. The summed E-state index contributed by atoms with van der Waals surface area (Å²) in [6.45, 7) is 0. The minimum atomic E-state index is 0.148. The molecule has 5 heteroatoms. The summed E-state index contributed by atoms with van der Waals surface area (Å²) in [5, 5.41) is 13.0. The number of para-hydroxylation sites is 1. The Labute approximate surface area is 300 Å². The average molecular weight is 664 g/mol. The van der Waals surface area contributed by atoms with Crippen LogP contribution in [0.15, 0.2) is 170 Å². The van der Waals surface area contributed by atoms with Crippen molar-refractivity contribution in [2.75, 3.05) is 0 Å². The van der Waals surface area contributed by atoms with Crippen molar-refractivity contribution in [1.29, 1.82) is 5.26 Å². The van der Waals surface area contributed by atoms with E-state index in [1.54, 1.807) is 0 Å². The van der Waals surface area contributed by atoms with Crippen molar-refractivity contribution in [3.05, 3.63) is 192 Å². The van der Waals surface area contributed by atoms with Gasteiger partial charge in [0, 0.05) is 33.4 Å². The van der Waals surface area contributed by atoms with Crippen molar-refractivity contribution in [2.24, 2.45) is 0 Å². The van der Waals surface area contributed by atoms with Gasteiger partial charge in [0.15, 0.2) is 17.5 Å². The Hall–Kier alpha value is -7.16. The fraction of sp³-hybridized carbons (Fsp3) is 0.0213. The number of benzene rings is 7. The van der Waals surface area contributed by atoms with Crippen LogP contribution in [0.2, 0.25) is 0 Å². The fourth-order valence-corrected chi connectivity index (χ4v) is 7.84. The molecule has 0 saturated heterocycles. The Morgan fingerprint density at radius 3 is 1.63 bits per heavy atom. The zero-order chi connectivity index (χ0) is 34.6. The molecule has 0 spiro atoms. The third kappa shape index (κ3) is 4.74. The van der Waals surface area contributed by atoms with Crippen LogP contribution in [-0.4, -0.2) is 19.5 Å². The summed E-state index contributed by atoms with van der Waals surface area (Å²) in [7, 11) is 0. The number of nitrogens with zero attached hydrogens (tertiary/aromatic N) is 5. The third-order valence-electron chi connectivity index (χ3n) is 10.2. The van der Waals surface area contributed by atoms with Crippen LogP contribution < -0.4 is 0 Å². The number of hydrogen-bond donors (Lipinski definition) is 0. The second-order valence-corrected chi connectivity index (χ2v) is 13.1. The molecule has 1 aliphatic carbocycles. The first-order chi connectivity index (χ1) is 25.7. The first-order valence-corrected chi connectivity index (χ1v) is 17.4.